The first kappa shape index (κ1) is 22.8. The lowest BCUT2D eigenvalue weighted by Crippen LogP contribution is -2.12. The summed E-state index contributed by atoms with van der Waals surface area (Å²) < 4.78 is 20.4. The Hall–Kier alpha value is -2.49. The first-order valence-corrected chi connectivity index (χ1v) is 9.83. The van der Waals surface area contributed by atoms with Crippen LogP contribution in [0.25, 0.3) is 22.7 Å². The monoisotopic (exact) mass is 413 g/mol. The predicted molar refractivity (Wildman–Crippen MR) is 124 cm³/mol. The molecule has 2 atom stereocenters. The van der Waals surface area contributed by atoms with E-state index in [1.54, 1.807) is 24.3 Å². The van der Waals surface area contributed by atoms with Gasteiger partial charge in [-0.2, -0.15) is 0 Å². The number of hydrogen-bond donors (Lipinski definition) is 1. The minimum atomic E-state index is -1.66. The molecule has 0 aliphatic heterocycles. The number of nitrogens with zero attached hydrogens (tertiary/aromatic N) is 2. The fourth-order valence-electron chi connectivity index (χ4n) is 2.87. The summed E-state index contributed by atoms with van der Waals surface area (Å²) in [6.07, 6.45) is 7.02. The van der Waals surface area contributed by atoms with Crippen molar-refractivity contribution >= 4 is 20.4 Å². The van der Waals surface area contributed by atoms with Crippen LogP contribution in [0.3, 0.4) is 0 Å². The number of furan rings is 1. The third-order valence-corrected chi connectivity index (χ3v) is 4.71. The van der Waals surface area contributed by atoms with Gasteiger partial charge >= 0.3 is 0 Å². The number of H-pyrrole nitrogens is 1. The molecule has 154 valence electrons. The molecule has 0 fully saturated rings. The van der Waals surface area contributed by atoms with Gasteiger partial charge in [0.05, 0.1) is 11.4 Å². The van der Waals surface area contributed by atoms with E-state index < -0.39 is 5.41 Å². The average molecular weight is 413 g/mol. The van der Waals surface area contributed by atoms with Crippen LogP contribution < -0.4 is 0 Å². The number of hydrogen-bond acceptors (Lipinski definition) is 3. The summed E-state index contributed by atoms with van der Waals surface area (Å²) >= 11 is 0. The molecule has 2 aromatic rings. The molecule has 2 aromatic heterocycles. The highest BCUT2D eigenvalue weighted by molar-refractivity contribution is 7.19. The molecule has 29 heavy (non-hydrogen) atoms. The van der Waals surface area contributed by atoms with Gasteiger partial charge < -0.3 is 14.3 Å². The van der Waals surface area contributed by atoms with Crippen LogP contribution in [0.2, 0.25) is 0 Å². The minimum Gasteiger partial charge on any atom is -0.453 e. The van der Waals surface area contributed by atoms with E-state index in [1.807, 2.05) is 33.2 Å². The highest BCUT2D eigenvalue weighted by Crippen LogP contribution is 2.38. The molecule has 0 aromatic carbocycles. The zero-order valence-electron chi connectivity index (χ0n) is 17.6. The topological polar surface area (TPSA) is 45.1 Å². The van der Waals surface area contributed by atoms with Crippen molar-refractivity contribution in [2.24, 2.45) is 0 Å². The lowest BCUT2D eigenvalue weighted by atomic mass is 10.0. The number of nitrogens with one attached hydrogen (secondary N) is 1. The van der Waals surface area contributed by atoms with Crippen molar-refractivity contribution in [3.8, 4) is 11.6 Å². The third kappa shape index (κ3) is 5.31. The highest BCUT2D eigenvalue weighted by atomic mass is 31.0. The number of alkyl halides is 1. The molecule has 0 spiro atoms. The maximum absolute atomic E-state index is 14.4. The van der Waals surface area contributed by atoms with Crippen molar-refractivity contribution in [1.82, 2.24) is 14.9 Å². The zero-order valence-corrected chi connectivity index (χ0v) is 18.7. The van der Waals surface area contributed by atoms with Gasteiger partial charge in [0.15, 0.2) is 11.6 Å². The van der Waals surface area contributed by atoms with E-state index in [1.165, 1.54) is 6.92 Å². The number of halogens is 1. The quantitative estimate of drug-likeness (QED) is 0.405. The average Bonchev–Trinajstić information content (AvgIpc) is 3.27. The third-order valence-electron chi connectivity index (χ3n) is 4.36. The molecule has 0 saturated carbocycles. The van der Waals surface area contributed by atoms with E-state index in [9.17, 15) is 4.39 Å². The standard InChI is InChI=1S/C23H29FN3OP/c1-8-11-17(15(4)23(5,24)29)19-12-13-20(28-19)22-25-18(14-27(6)7)21(26-22)16(9-2)10-3/h8-13H,1-2,4,14,29H2,3,5-7H3,(H,25,26)/b16-10+,17-11+. The van der Waals surface area contributed by atoms with Gasteiger partial charge in [-0.15, -0.1) is 0 Å². The summed E-state index contributed by atoms with van der Waals surface area (Å²) in [5.74, 6) is 1.65. The van der Waals surface area contributed by atoms with Gasteiger partial charge in [0, 0.05) is 12.1 Å². The molecule has 0 aliphatic rings. The summed E-state index contributed by atoms with van der Waals surface area (Å²) in [5.41, 5.74) is 3.57. The zero-order chi connectivity index (χ0) is 21.8. The van der Waals surface area contributed by atoms with Gasteiger partial charge in [-0.1, -0.05) is 53.3 Å². The second-order valence-corrected chi connectivity index (χ2v) is 8.22. The minimum absolute atomic E-state index is 0.291. The van der Waals surface area contributed by atoms with Gasteiger partial charge in [0.25, 0.3) is 0 Å². The summed E-state index contributed by atoms with van der Waals surface area (Å²) in [6.45, 7) is 15.5. The molecule has 0 saturated heterocycles. The molecule has 0 radical (unpaired) electrons. The highest BCUT2D eigenvalue weighted by Gasteiger charge is 2.26. The Labute approximate surface area is 174 Å². The molecular weight excluding hydrogens is 384 g/mol. The van der Waals surface area contributed by atoms with E-state index in [2.05, 4.69) is 38.9 Å². The van der Waals surface area contributed by atoms with Crippen molar-refractivity contribution < 1.29 is 8.81 Å². The van der Waals surface area contributed by atoms with Gasteiger partial charge in [-0.3, -0.25) is 0 Å². The first-order chi connectivity index (χ1) is 13.6. The Morgan fingerprint density at radius 1 is 1.38 bits per heavy atom. The summed E-state index contributed by atoms with van der Waals surface area (Å²) in [6, 6.07) is 3.59. The van der Waals surface area contributed by atoms with E-state index in [0.29, 0.717) is 35.0 Å². The second kappa shape index (κ2) is 9.34. The normalized spacial score (nSPS) is 14.7. The van der Waals surface area contributed by atoms with Crippen LogP contribution in [0.1, 0.15) is 31.0 Å². The second-order valence-electron chi connectivity index (χ2n) is 7.13. The van der Waals surface area contributed by atoms with Crippen molar-refractivity contribution in [2.75, 3.05) is 14.1 Å². The number of imidazole rings is 1. The van der Waals surface area contributed by atoms with Gasteiger partial charge in [-0.25, -0.2) is 9.37 Å². The van der Waals surface area contributed by atoms with Crippen LogP contribution in [0.15, 0.2) is 66.2 Å². The maximum Gasteiger partial charge on any atom is 0.174 e. The Morgan fingerprint density at radius 3 is 2.59 bits per heavy atom. The Morgan fingerprint density at radius 2 is 2.07 bits per heavy atom. The molecule has 2 rings (SSSR count). The molecule has 1 N–H and O–H groups in total. The number of aromatic amines is 1. The SMILES string of the molecule is C=C/C=C(\C(=C)C(C)(F)P)c1ccc(-c2nc(/C(C=C)=C/C)c(CN(C)C)[nH]2)o1. The van der Waals surface area contributed by atoms with E-state index in [4.69, 9.17) is 9.40 Å². The van der Waals surface area contributed by atoms with Crippen LogP contribution in [0, 0.1) is 0 Å². The van der Waals surface area contributed by atoms with Crippen LogP contribution in [0.4, 0.5) is 4.39 Å². The number of aromatic nitrogens is 2. The number of allylic oxidation sites excluding steroid dienone is 7. The van der Waals surface area contributed by atoms with E-state index in [-0.39, 0.29) is 0 Å². The largest absolute Gasteiger partial charge is 0.453 e. The smallest absolute Gasteiger partial charge is 0.174 e. The van der Waals surface area contributed by atoms with Gasteiger partial charge in [-0.05, 0) is 51.2 Å². The van der Waals surface area contributed by atoms with Crippen LogP contribution in [-0.2, 0) is 6.54 Å². The van der Waals surface area contributed by atoms with Crippen molar-refractivity contribution in [2.45, 2.75) is 25.8 Å². The summed E-state index contributed by atoms with van der Waals surface area (Å²) in [5, 5.41) is -1.66. The Kier molecular flexibility index (Phi) is 7.34. The molecule has 0 aliphatic carbocycles. The maximum atomic E-state index is 14.4. The fraction of sp³-hybridized carbons (Fsp3) is 0.261. The predicted octanol–water partition coefficient (Wildman–Crippen LogP) is 6.01. The van der Waals surface area contributed by atoms with E-state index in [0.717, 1.165) is 17.0 Å². The van der Waals surface area contributed by atoms with Crippen LogP contribution in [0.5, 0.6) is 0 Å². The Bertz CT molecular complexity index is 971. The lowest BCUT2D eigenvalue weighted by molar-refractivity contribution is 0.374. The van der Waals surface area contributed by atoms with Crippen LogP contribution in [-0.4, -0.2) is 34.4 Å². The summed E-state index contributed by atoms with van der Waals surface area (Å²) in [4.78, 5) is 10.1. The summed E-state index contributed by atoms with van der Waals surface area (Å²) in [7, 11) is 6.14. The van der Waals surface area contributed by atoms with Crippen molar-refractivity contribution in [3.63, 3.8) is 0 Å². The molecular formula is C23H29FN3OP. The number of rotatable bonds is 9. The first-order valence-electron chi connectivity index (χ1n) is 9.25. The molecule has 2 unspecified atom stereocenters. The lowest BCUT2D eigenvalue weighted by Gasteiger charge is -2.19. The fourth-order valence-corrected chi connectivity index (χ4v) is 3.02. The molecule has 2 heterocycles. The molecule has 0 bridgehead atoms. The van der Waals surface area contributed by atoms with Crippen molar-refractivity contribution in [3.05, 3.63) is 78.9 Å². The Balaban J connectivity index is 2.51. The van der Waals surface area contributed by atoms with Crippen LogP contribution >= 0.6 is 9.24 Å². The van der Waals surface area contributed by atoms with E-state index >= 15 is 0 Å². The van der Waals surface area contributed by atoms with Gasteiger partial charge in [0.1, 0.15) is 11.2 Å². The molecule has 4 nitrogen and oxygen atoms in total. The molecule has 0 amide bonds. The van der Waals surface area contributed by atoms with Gasteiger partial charge in [0.2, 0.25) is 0 Å². The molecule has 6 heteroatoms. The van der Waals surface area contributed by atoms with Crippen molar-refractivity contribution in [1.29, 1.82) is 0 Å².